The van der Waals surface area contributed by atoms with Crippen LogP contribution in [0.3, 0.4) is 0 Å². The first kappa shape index (κ1) is 9.53. The van der Waals surface area contributed by atoms with Crippen LogP contribution in [0.15, 0.2) is 23.9 Å². The molecule has 1 aromatic heterocycles. The Labute approximate surface area is 92.2 Å². The summed E-state index contributed by atoms with van der Waals surface area (Å²) in [5.41, 5.74) is 0.895. The molecule has 0 bridgehead atoms. The zero-order valence-corrected chi connectivity index (χ0v) is 8.57. The average Bonchev–Trinajstić information content (AvgIpc) is 2.90. The molecule has 2 aliphatic heterocycles. The predicted molar refractivity (Wildman–Crippen MR) is 54.1 cm³/mol. The molecule has 2 atom stereocenters. The van der Waals surface area contributed by atoms with Crippen LogP contribution in [0.5, 0.6) is 5.75 Å². The SMILES string of the molecule is c1ncc(OCC2=NO[C@@H]3COC[C@H]23)cn1. The summed E-state index contributed by atoms with van der Waals surface area (Å²) in [5.74, 6) is 0.872. The smallest absolute Gasteiger partial charge is 0.161 e. The molecule has 84 valence electrons. The lowest BCUT2D eigenvalue weighted by Gasteiger charge is -2.07. The maximum absolute atomic E-state index is 5.51. The molecule has 6 heteroatoms. The Morgan fingerprint density at radius 2 is 2.19 bits per heavy atom. The average molecular weight is 221 g/mol. The van der Waals surface area contributed by atoms with E-state index in [4.69, 9.17) is 14.3 Å². The van der Waals surface area contributed by atoms with Crippen molar-refractivity contribution in [3.8, 4) is 5.75 Å². The maximum atomic E-state index is 5.51. The van der Waals surface area contributed by atoms with E-state index in [1.165, 1.54) is 6.33 Å². The maximum Gasteiger partial charge on any atom is 0.161 e. The second kappa shape index (κ2) is 4.05. The minimum atomic E-state index is 0.0747. The number of nitrogens with zero attached hydrogens (tertiary/aromatic N) is 3. The topological polar surface area (TPSA) is 65.8 Å². The van der Waals surface area contributed by atoms with Gasteiger partial charge in [0.15, 0.2) is 11.9 Å². The van der Waals surface area contributed by atoms with Gasteiger partial charge in [0.1, 0.15) is 18.6 Å². The standard InChI is InChI=1S/C10H11N3O3/c1-7(2-12-6-11-1)15-4-9-8-3-14-5-10(8)16-13-9/h1-2,6,8,10H,3-5H2/t8-,10-/m1/s1. The van der Waals surface area contributed by atoms with Gasteiger partial charge in [0.25, 0.3) is 0 Å². The molecule has 16 heavy (non-hydrogen) atoms. The Bertz CT molecular complexity index is 396. The molecule has 1 fully saturated rings. The first-order valence-corrected chi connectivity index (χ1v) is 5.11. The first-order valence-electron chi connectivity index (χ1n) is 5.11. The van der Waals surface area contributed by atoms with Crippen molar-refractivity contribution in [1.29, 1.82) is 0 Å². The van der Waals surface area contributed by atoms with Crippen molar-refractivity contribution < 1.29 is 14.3 Å². The van der Waals surface area contributed by atoms with Crippen molar-refractivity contribution in [3.05, 3.63) is 18.7 Å². The van der Waals surface area contributed by atoms with Gasteiger partial charge in [-0.25, -0.2) is 9.97 Å². The highest BCUT2D eigenvalue weighted by Gasteiger charge is 2.39. The molecule has 0 spiro atoms. The van der Waals surface area contributed by atoms with Crippen LogP contribution in [0.4, 0.5) is 0 Å². The highest BCUT2D eigenvalue weighted by Crippen LogP contribution is 2.25. The zero-order valence-electron chi connectivity index (χ0n) is 8.57. The fraction of sp³-hybridized carbons (Fsp3) is 0.500. The third kappa shape index (κ3) is 1.71. The highest BCUT2D eigenvalue weighted by molar-refractivity contribution is 5.89. The number of fused-ring (bicyclic) bond motifs is 1. The van der Waals surface area contributed by atoms with E-state index in [0.29, 0.717) is 25.6 Å². The van der Waals surface area contributed by atoms with E-state index < -0.39 is 0 Å². The van der Waals surface area contributed by atoms with E-state index in [1.54, 1.807) is 12.4 Å². The summed E-state index contributed by atoms with van der Waals surface area (Å²) in [6.07, 6.45) is 4.77. The number of hydrogen-bond acceptors (Lipinski definition) is 6. The van der Waals surface area contributed by atoms with Gasteiger partial charge in [-0.15, -0.1) is 0 Å². The van der Waals surface area contributed by atoms with Crippen LogP contribution >= 0.6 is 0 Å². The number of rotatable bonds is 3. The van der Waals surface area contributed by atoms with Crippen molar-refractivity contribution >= 4 is 5.71 Å². The quantitative estimate of drug-likeness (QED) is 0.732. The van der Waals surface area contributed by atoms with Gasteiger partial charge in [0.05, 0.1) is 31.5 Å². The third-order valence-corrected chi connectivity index (χ3v) is 2.69. The minimum Gasteiger partial charge on any atom is -0.484 e. The van der Waals surface area contributed by atoms with E-state index in [2.05, 4.69) is 15.1 Å². The molecular weight excluding hydrogens is 210 g/mol. The lowest BCUT2D eigenvalue weighted by molar-refractivity contribution is 0.0557. The molecule has 2 aliphatic rings. The van der Waals surface area contributed by atoms with Gasteiger partial charge in [0.2, 0.25) is 0 Å². The third-order valence-electron chi connectivity index (χ3n) is 2.69. The first-order chi connectivity index (χ1) is 7.93. The van der Waals surface area contributed by atoms with Crippen LogP contribution in [-0.4, -0.2) is 41.6 Å². The van der Waals surface area contributed by atoms with Gasteiger partial charge in [-0.1, -0.05) is 5.16 Å². The van der Waals surface area contributed by atoms with Crippen LogP contribution in [-0.2, 0) is 9.57 Å². The zero-order chi connectivity index (χ0) is 10.8. The van der Waals surface area contributed by atoms with Gasteiger partial charge < -0.3 is 14.3 Å². The van der Waals surface area contributed by atoms with Crippen molar-refractivity contribution in [2.75, 3.05) is 19.8 Å². The fourth-order valence-corrected chi connectivity index (χ4v) is 1.80. The molecule has 0 N–H and O–H groups in total. The number of oxime groups is 1. The summed E-state index contributed by atoms with van der Waals surface area (Å²) in [5, 5.41) is 4.01. The summed E-state index contributed by atoms with van der Waals surface area (Å²) >= 11 is 0. The van der Waals surface area contributed by atoms with Gasteiger partial charge in [0, 0.05) is 0 Å². The summed E-state index contributed by atoms with van der Waals surface area (Å²) < 4.78 is 10.8. The van der Waals surface area contributed by atoms with E-state index in [0.717, 1.165) is 5.71 Å². The van der Waals surface area contributed by atoms with Gasteiger partial charge in [-0.2, -0.15) is 0 Å². The molecule has 0 aromatic carbocycles. The van der Waals surface area contributed by atoms with Crippen LogP contribution in [0.1, 0.15) is 0 Å². The summed E-state index contributed by atoms with van der Waals surface area (Å²) in [7, 11) is 0. The van der Waals surface area contributed by atoms with E-state index >= 15 is 0 Å². The molecular formula is C10H11N3O3. The van der Waals surface area contributed by atoms with Crippen LogP contribution in [0.25, 0.3) is 0 Å². The summed E-state index contributed by atoms with van der Waals surface area (Å²) in [6, 6.07) is 0. The van der Waals surface area contributed by atoms with E-state index in [9.17, 15) is 0 Å². The molecule has 1 aromatic rings. The Morgan fingerprint density at radius 3 is 3.06 bits per heavy atom. The molecule has 3 heterocycles. The second-order valence-electron chi connectivity index (χ2n) is 3.73. The van der Waals surface area contributed by atoms with Gasteiger partial charge in [-0.05, 0) is 0 Å². The van der Waals surface area contributed by atoms with E-state index in [-0.39, 0.29) is 12.0 Å². The number of aromatic nitrogens is 2. The summed E-state index contributed by atoms with van der Waals surface area (Å²) in [4.78, 5) is 13.0. The lowest BCUT2D eigenvalue weighted by atomic mass is 10.0. The Kier molecular flexibility index (Phi) is 2.41. The van der Waals surface area contributed by atoms with Crippen molar-refractivity contribution in [2.24, 2.45) is 11.1 Å². The van der Waals surface area contributed by atoms with Crippen LogP contribution < -0.4 is 4.74 Å². The van der Waals surface area contributed by atoms with Gasteiger partial charge in [-0.3, -0.25) is 0 Å². The Morgan fingerprint density at radius 1 is 1.31 bits per heavy atom. The molecule has 0 radical (unpaired) electrons. The van der Waals surface area contributed by atoms with Crippen molar-refractivity contribution in [2.45, 2.75) is 6.10 Å². The Balaban J connectivity index is 1.60. The fourth-order valence-electron chi connectivity index (χ4n) is 1.80. The minimum absolute atomic E-state index is 0.0747. The predicted octanol–water partition coefficient (Wildman–Crippen LogP) is 0.257. The molecule has 0 unspecified atom stereocenters. The summed E-state index contributed by atoms with van der Waals surface area (Å²) in [6.45, 7) is 1.68. The van der Waals surface area contributed by atoms with Crippen LogP contribution in [0.2, 0.25) is 0 Å². The van der Waals surface area contributed by atoms with Gasteiger partial charge >= 0.3 is 0 Å². The van der Waals surface area contributed by atoms with E-state index in [1.807, 2.05) is 0 Å². The van der Waals surface area contributed by atoms with Crippen molar-refractivity contribution in [3.63, 3.8) is 0 Å². The molecule has 6 nitrogen and oxygen atoms in total. The number of ether oxygens (including phenoxy) is 2. The second-order valence-corrected chi connectivity index (χ2v) is 3.73. The molecule has 0 saturated carbocycles. The molecule has 0 amide bonds. The number of hydrogen-bond donors (Lipinski definition) is 0. The largest absolute Gasteiger partial charge is 0.484 e. The highest BCUT2D eigenvalue weighted by atomic mass is 16.7. The lowest BCUT2D eigenvalue weighted by Crippen LogP contribution is -2.25. The molecule has 1 saturated heterocycles. The molecule has 0 aliphatic carbocycles. The molecule has 3 rings (SSSR count). The monoisotopic (exact) mass is 221 g/mol. The van der Waals surface area contributed by atoms with Crippen molar-refractivity contribution in [1.82, 2.24) is 9.97 Å². The normalized spacial score (nSPS) is 27.1. The van der Waals surface area contributed by atoms with Crippen LogP contribution in [0, 0.1) is 5.92 Å². The Hall–Kier alpha value is -1.69.